The van der Waals surface area contributed by atoms with Crippen molar-refractivity contribution < 1.29 is 5.11 Å². The Balaban J connectivity index is 2.36. The lowest BCUT2D eigenvalue weighted by Crippen LogP contribution is -2.04. The molecule has 1 aromatic carbocycles. The summed E-state index contributed by atoms with van der Waals surface area (Å²) in [6.45, 7) is 5.96. The molecule has 0 spiro atoms. The van der Waals surface area contributed by atoms with Gasteiger partial charge in [0.1, 0.15) is 5.75 Å². The molecule has 0 saturated heterocycles. The van der Waals surface area contributed by atoms with Gasteiger partial charge in [-0.05, 0) is 30.4 Å². The van der Waals surface area contributed by atoms with Crippen molar-refractivity contribution in [1.82, 2.24) is 0 Å². The van der Waals surface area contributed by atoms with Gasteiger partial charge >= 0.3 is 0 Å². The van der Waals surface area contributed by atoms with Gasteiger partial charge < -0.3 is 5.11 Å². The third kappa shape index (κ3) is 2.04. The second-order valence-electron chi connectivity index (χ2n) is 4.31. The van der Waals surface area contributed by atoms with E-state index in [9.17, 15) is 5.11 Å². The van der Waals surface area contributed by atoms with E-state index in [-0.39, 0.29) is 0 Å². The van der Waals surface area contributed by atoms with E-state index in [0.717, 1.165) is 18.4 Å². The summed E-state index contributed by atoms with van der Waals surface area (Å²) in [6, 6.07) is 5.82. The number of hydrogen-bond donors (Lipinski definition) is 1. The van der Waals surface area contributed by atoms with Crippen LogP contribution in [0.4, 0.5) is 0 Å². The van der Waals surface area contributed by atoms with Crippen LogP contribution >= 0.6 is 0 Å². The zero-order chi connectivity index (χ0) is 11.5. The van der Waals surface area contributed by atoms with Crippen LogP contribution in [0.1, 0.15) is 30.4 Å². The summed E-state index contributed by atoms with van der Waals surface area (Å²) >= 11 is 0. The molecule has 1 aliphatic carbocycles. The Morgan fingerprint density at radius 1 is 1.44 bits per heavy atom. The fourth-order valence-electron chi connectivity index (χ4n) is 2.34. The van der Waals surface area contributed by atoms with Gasteiger partial charge in [0.2, 0.25) is 0 Å². The number of rotatable bonds is 5. The predicted octanol–water partition coefficient (Wildman–Crippen LogP) is 3.80. The smallest absolute Gasteiger partial charge is 0.119 e. The molecule has 1 nitrogen and oxygen atoms in total. The van der Waals surface area contributed by atoms with Crippen LogP contribution in [-0.2, 0) is 6.42 Å². The van der Waals surface area contributed by atoms with Gasteiger partial charge in [-0.1, -0.05) is 37.3 Å². The minimum Gasteiger partial charge on any atom is -0.508 e. The summed E-state index contributed by atoms with van der Waals surface area (Å²) in [5.74, 6) is 1.51. The first kappa shape index (κ1) is 11.0. The van der Waals surface area contributed by atoms with Gasteiger partial charge in [-0.25, -0.2) is 0 Å². The average Bonchev–Trinajstić information content (AvgIpc) is 3.08. The normalized spacial score (nSPS) is 16.1. The monoisotopic (exact) mass is 214 g/mol. The Morgan fingerprint density at radius 2 is 2.19 bits per heavy atom. The zero-order valence-electron chi connectivity index (χ0n) is 9.69. The quantitative estimate of drug-likeness (QED) is 0.739. The third-order valence-electron chi connectivity index (χ3n) is 3.25. The van der Waals surface area contributed by atoms with Crippen LogP contribution in [0.3, 0.4) is 0 Å². The van der Waals surface area contributed by atoms with Crippen molar-refractivity contribution in [2.75, 3.05) is 0 Å². The Labute approximate surface area is 97.1 Å². The van der Waals surface area contributed by atoms with Crippen LogP contribution in [0.2, 0.25) is 0 Å². The molecule has 2 rings (SSSR count). The van der Waals surface area contributed by atoms with Crippen molar-refractivity contribution in [2.24, 2.45) is 5.92 Å². The summed E-state index contributed by atoms with van der Waals surface area (Å²) in [5, 5.41) is 9.90. The third-order valence-corrected chi connectivity index (χ3v) is 3.25. The maximum absolute atomic E-state index is 9.90. The molecule has 0 aliphatic heterocycles. The highest BCUT2D eigenvalue weighted by Crippen LogP contribution is 2.40. The van der Waals surface area contributed by atoms with E-state index in [4.69, 9.17) is 0 Å². The minimum atomic E-state index is 0.400. The molecule has 1 heteroatoms. The molecule has 0 amide bonds. The maximum Gasteiger partial charge on any atom is 0.119 e. The van der Waals surface area contributed by atoms with Crippen molar-refractivity contribution in [3.05, 3.63) is 54.1 Å². The lowest BCUT2D eigenvalue weighted by molar-refractivity contribution is 0.466. The Kier molecular flexibility index (Phi) is 3.14. The van der Waals surface area contributed by atoms with E-state index in [0.29, 0.717) is 17.6 Å². The molecule has 0 fully saturated rings. The first-order valence-corrected chi connectivity index (χ1v) is 5.88. The van der Waals surface area contributed by atoms with Gasteiger partial charge in [0, 0.05) is 11.5 Å². The van der Waals surface area contributed by atoms with Crippen molar-refractivity contribution in [3.63, 3.8) is 0 Å². The predicted molar refractivity (Wildman–Crippen MR) is 67.7 cm³/mol. The highest BCUT2D eigenvalue weighted by molar-refractivity contribution is 5.44. The topological polar surface area (TPSA) is 20.2 Å². The molecule has 1 unspecified atom stereocenters. The van der Waals surface area contributed by atoms with Crippen LogP contribution in [0.5, 0.6) is 5.75 Å². The number of allylic oxidation sites excluding steroid dienone is 3. The van der Waals surface area contributed by atoms with Crippen LogP contribution < -0.4 is 0 Å². The maximum atomic E-state index is 9.90. The summed E-state index contributed by atoms with van der Waals surface area (Å²) in [5.41, 5.74) is 2.32. The van der Waals surface area contributed by atoms with Gasteiger partial charge in [0.25, 0.3) is 0 Å². The summed E-state index contributed by atoms with van der Waals surface area (Å²) in [7, 11) is 0. The van der Waals surface area contributed by atoms with E-state index < -0.39 is 0 Å². The Hall–Kier alpha value is -1.50. The largest absolute Gasteiger partial charge is 0.508 e. The standard InChI is InChI=1S/C15H18O/c1-3-6-14-13(7-5-8-15(14)16)12(4-2)11-9-10-11/h3,5,7-12,16H,1,4,6H2,2H3. The van der Waals surface area contributed by atoms with Gasteiger partial charge in [0.05, 0.1) is 0 Å². The van der Waals surface area contributed by atoms with Crippen LogP contribution in [-0.4, -0.2) is 5.11 Å². The van der Waals surface area contributed by atoms with Crippen LogP contribution in [0.15, 0.2) is 43.0 Å². The molecule has 0 saturated carbocycles. The molecule has 84 valence electrons. The van der Waals surface area contributed by atoms with E-state index in [1.807, 2.05) is 12.1 Å². The Bertz CT molecular complexity index is 411. The molecule has 0 aromatic heterocycles. The molecule has 0 heterocycles. The number of phenolic OH excluding ortho intramolecular Hbond substituents is 1. The van der Waals surface area contributed by atoms with E-state index in [2.05, 4.69) is 31.7 Å². The molecule has 0 bridgehead atoms. The summed E-state index contributed by atoms with van der Waals surface area (Å²) < 4.78 is 0. The average molecular weight is 214 g/mol. The molecule has 1 aromatic rings. The van der Waals surface area contributed by atoms with E-state index in [1.165, 1.54) is 5.56 Å². The molecule has 1 N–H and O–H groups in total. The number of hydrogen-bond acceptors (Lipinski definition) is 1. The lowest BCUT2D eigenvalue weighted by atomic mass is 9.86. The van der Waals surface area contributed by atoms with Crippen molar-refractivity contribution in [2.45, 2.75) is 25.7 Å². The Morgan fingerprint density at radius 3 is 2.75 bits per heavy atom. The highest BCUT2D eigenvalue weighted by Gasteiger charge is 2.26. The SMILES string of the molecule is C=CCc1c(O)cccc1C(CC)C1C=C1. The molecule has 1 aliphatic rings. The van der Waals surface area contributed by atoms with Gasteiger partial charge in [0.15, 0.2) is 0 Å². The number of phenols is 1. The van der Waals surface area contributed by atoms with E-state index >= 15 is 0 Å². The fraction of sp³-hybridized carbons (Fsp3) is 0.333. The van der Waals surface area contributed by atoms with Gasteiger partial charge in [-0.15, -0.1) is 6.58 Å². The van der Waals surface area contributed by atoms with E-state index in [1.54, 1.807) is 6.07 Å². The lowest BCUT2D eigenvalue weighted by Gasteiger charge is -2.19. The second-order valence-corrected chi connectivity index (χ2v) is 4.31. The number of aromatic hydroxyl groups is 1. The van der Waals surface area contributed by atoms with Crippen molar-refractivity contribution in [3.8, 4) is 5.75 Å². The van der Waals surface area contributed by atoms with Crippen molar-refractivity contribution in [1.29, 1.82) is 0 Å². The molecular formula is C15H18O. The molecule has 0 radical (unpaired) electrons. The molecular weight excluding hydrogens is 196 g/mol. The zero-order valence-corrected chi connectivity index (χ0v) is 9.69. The number of benzene rings is 1. The van der Waals surface area contributed by atoms with Gasteiger partial charge in [-0.3, -0.25) is 0 Å². The fourth-order valence-corrected chi connectivity index (χ4v) is 2.34. The molecule has 16 heavy (non-hydrogen) atoms. The van der Waals surface area contributed by atoms with Crippen LogP contribution in [0.25, 0.3) is 0 Å². The first-order valence-electron chi connectivity index (χ1n) is 5.88. The van der Waals surface area contributed by atoms with Crippen molar-refractivity contribution >= 4 is 0 Å². The minimum absolute atomic E-state index is 0.400. The summed E-state index contributed by atoms with van der Waals surface area (Å²) in [4.78, 5) is 0. The first-order chi connectivity index (χ1) is 7.77. The molecule has 1 atom stereocenters. The highest BCUT2D eigenvalue weighted by atomic mass is 16.3. The van der Waals surface area contributed by atoms with Crippen LogP contribution in [0, 0.1) is 5.92 Å². The summed E-state index contributed by atoms with van der Waals surface area (Å²) in [6.07, 6.45) is 8.16. The van der Waals surface area contributed by atoms with Gasteiger partial charge in [-0.2, -0.15) is 0 Å². The second kappa shape index (κ2) is 4.56.